The molecule has 214 valence electrons. The van der Waals surface area contributed by atoms with Gasteiger partial charge in [0.1, 0.15) is 26.0 Å². The lowest BCUT2D eigenvalue weighted by Gasteiger charge is -2.33. The lowest BCUT2D eigenvalue weighted by atomic mass is 10.0. The number of ether oxygens (including phenoxy) is 4. The predicted molar refractivity (Wildman–Crippen MR) is 158 cm³/mol. The fraction of sp³-hybridized carbons (Fsp3) is 0.344. The van der Waals surface area contributed by atoms with Gasteiger partial charge in [-0.05, 0) is 16.7 Å². The molecule has 0 amide bonds. The van der Waals surface area contributed by atoms with Gasteiger partial charge in [-0.15, -0.1) is 5.10 Å². The average Bonchev–Trinajstić information content (AvgIpc) is 3.41. The number of nitrogens with zero attached hydrogens (tertiary/aromatic N) is 3. The van der Waals surface area contributed by atoms with E-state index in [1.807, 2.05) is 91.0 Å². The summed E-state index contributed by atoms with van der Waals surface area (Å²) in [6.45, 7) is 7.22. The third-order valence-electron chi connectivity index (χ3n) is 7.13. The topological polar surface area (TPSA) is 84.7 Å². The Bertz CT molecular complexity index is 1410. The molecule has 1 aliphatic rings. The van der Waals surface area contributed by atoms with E-state index in [1.165, 1.54) is 0 Å². The molecule has 1 aliphatic heterocycles. The van der Waals surface area contributed by atoms with Crippen molar-refractivity contribution in [3.63, 3.8) is 0 Å². The summed E-state index contributed by atoms with van der Waals surface area (Å²) in [6, 6.07) is 29.6. The Morgan fingerprint density at radius 3 is 1.63 bits per heavy atom. The SMILES string of the molecule is COC1[C@H](OCc2ccccc2)[C@@H](OCc2ccccc2)[C@H](OCc2ccccc2)C(=O)c2c([Si](C)(C)C)nnn21. The van der Waals surface area contributed by atoms with Crippen molar-refractivity contribution in [2.24, 2.45) is 0 Å². The smallest absolute Gasteiger partial charge is 0.213 e. The zero-order valence-corrected chi connectivity index (χ0v) is 25.0. The summed E-state index contributed by atoms with van der Waals surface area (Å²) in [4.78, 5) is 14.5. The number of methoxy groups -OCH3 is 1. The van der Waals surface area contributed by atoms with Crippen molar-refractivity contribution in [3.8, 4) is 0 Å². The minimum Gasteiger partial charge on any atom is -0.367 e. The first-order chi connectivity index (χ1) is 19.9. The molecular weight excluding hydrogens is 534 g/mol. The Kier molecular flexibility index (Phi) is 9.21. The molecule has 3 aromatic carbocycles. The molecule has 0 spiro atoms. The first-order valence-electron chi connectivity index (χ1n) is 13.9. The zero-order valence-electron chi connectivity index (χ0n) is 24.0. The van der Waals surface area contributed by atoms with Crippen LogP contribution in [0.5, 0.6) is 0 Å². The van der Waals surface area contributed by atoms with E-state index in [-0.39, 0.29) is 19.0 Å². The van der Waals surface area contributed by atoms with Crippen LogP contribution in [0.2, 0.25) is 19.6 Å². The van der Waals surface area contributed by atoms with Gasteiger partial charge < -0.3 is 18.9 Å². The largest absolute Gasteiger partial charge is 0.367 e. The maximum Gasteiger partial charge on any atom is 0.213 e. The second kappa shape index (κ2) is 13.0. The minimum absolute atomic E-state index is 0.228. The Labute approximate surface area is 242 Å². The highest BCUT2D eigenvalue weighted by atomic mass is 28.3. The van der Waals surface area contributed by atoms with Crippen LogP contribution in [0.4, 0.5) is 0 Å². The van der Waals surface area contributed by atoms with Crippen LogP contribution in [0, 0.1) is 0 Å². The molecule has 41 heavy (non-hydrogen) atoms. The number of benzene rings is 3. The number of hydrogen-bond donors (Lipinski definition) is 0. The summed E-state index contributed by atoms with van der Waals surface area (Å²) in [6.07, 6.45) is -3.27. The summed E-state index contributed by atoms with van der Waals surface area (Å²) in [7, 11) is -0.487. The van der Waals surface area contributed by atoms with E-state index in [2.05, 4.69) is 30.0 Å². The second-order valence-corrected chi connectivity index (χ2v) is 16.2. The Balaban J connectivity index is 1.58. The molecule has 1 unspecified atom stereocenters. The molecule has 0 saturated heterocycles. The average molecular weight is 572 g/mol. The number of ketones is 1. The van der Waals surface area contributed by atoms with Crippen molar-refractivity contribution >= 4 is 19.2 Å². The number of fused-ring (bicyclic) bond motifs is 1. The third kappa shape index (κ3) is 6.71. The second-order valence-electron chi connectivity index (χ2n) is 11.2. The molecule has 2 heterocycles. The number of carbonyl (C=O) groups is 1. The number of rotatable bonds is 11. The van der Waals surface area contributed by atoms with Crippen LogP contribution < -0.4 is 5.32 Å². The summed E-state index contributed by atoms with van der Waals surface area (Å²) in [5.41, 5.74) is 3.33. The number of hydrogen-bond acceptors (Lipinski definition) is 7. The number of carbonyl (C=O) groups excluding carboxylic acids is 1. The highest BCUT2D eigenvalue weighted by molar-refractivity contribution is 6.88. The van der Waals surface area contributed by atoms with Gasteiger partial charge >= 0.3 is 0 Å². The van der Waals surface area contributed by atoms with Gasteiger partial charge in [0, 0.05) is 7.11 Å². The van der Waals surface area contributed by atoms with Gasteiger partial charge in [0.2, 0.25) is 5.78 Å². The van der Waals surface area contributed by atoms with Crippen molar-refractivity contribution in [3.05, 3.63) is 113 Å². The van der Waals surface area contributed by atoms with Crippen molar-refractivity contribution in [1.82, 2.24) is 15.0 Å². The molecule has 8 nitrogen and oxygen atoms in total. The van der Waals surface area contributed by atoms with E-state index in [4.69, 9.17) is 18.9 Å². The van der Waals surface area contributed by atoms with Crippen LogP contribution in [-0.4, -0.2) is 54.3 Å². The molecule has 0 radical (unpaired) electrons. The van der Waals surface area contributed by atoms with Crippen LogP contribution in [0.15, 0.2) is 91.0 Å². The summed E-state index contributed by atoms with van der Waals surface area (Å²) in [5, 5.41) is 9.68. The van der Waals surface area contributed by atoms with Gasteiger partial charge in [-0.3, -0.25) is 4.79 Å². The first kappa shape index (κ1) is 29.0. The number of aromatic nitrogens is 3. The molecule has 1 aromatic heterocycles. The van der Waals surface area contributed by atoms with Crippen molar-refractivity contribution < 1.29 is 23.7 Å². The molecule has 0 aliphatic carbocycles. The zero-order chi connectivity index (χ0) is 28.8. The maximum absolute atomic E-state index is 14.5. The van der Waals surface area contributed by atoms with Crippen molar-refractivity contribution in [1.29, 1.82) is 0 Å². The van der Waals surface area contributed by atoms with Crippen LogP contribution in [0.1, 0.15) is 33.4 Å². The van der Waals surface area contributed by atoms with E-state index in [9.17, 15) is 4.79 Å². The minimum atomic E-state index is -2.08. The van der Waals surface area contributed by atoms with Crippen LogP contribution in [0.25, 0.3) is 0 Å². The Hall–Kier alpha value is -3.47. The van der Waals surface area contributed by atoms with Gasteiger partial charge in [-0.25, -0.2) is 4.68 Å². The third-order valence-corrected chi connectivity index (χ3v) is 8.88. The van der Waals surface area contributed by atoms with Crippen molar-refractivity contribution in [2.45, 2.75) is 64.0 Å². The van der Waals surface area contributed by atoms with Gasteiger partial charge in [0.15, 0.2) is 12.3 Å². The summed E-state index contributed by atoms with van der Waals surface area (Å²) >= 11 is 0. The monoisotopic (exact) mass is 571 g/mol. The Morgan fingerprint density at radius 2 is 1.17 bits per heavy atom. The predicted octanol–water partition coefficient (Wildman–Crippen LogP) is 4.92. The fourth-order valence-corrected chi connectivity index (χ4v) is 6.31. The van der Waals surface area contributed by atoms with E-state index in [0.29, 0.717) is 17.6 Å². The normalized spacial score (nSPS) is 20.9. The first-order valence-corrected chi connectivity index (χ1v) is 17.4. The van der Waals surface area contributed by atoms with Gasteiger partial charge in [0.05, 0.1) is 25.1 Å². The van der Waals surface area contributed by atoms with Crippen LogP contribution in [0.3, 0.4) is 0 Å². The highest BCUT2D eigenvalue weighted by Gasteiger charge is 2.49. The molecule has 0 bridgehead atoms. The summed E-state index contributed by atoms with van der Waals surface area (Å²) in [5.74, 6) is -0.228. The van der Waals surface area contributed by atoms with E-state index in [1.54, 1.807) is 11.8 Å². The van der Waals surface area contributed by atoms with E-state index < -0.39 is 32.6 Å². The number of Topliss-reactive ketones (excluding diaryl/α,β-unsaturated/α-hetero) is 1. The maximum atomic E-state index is 14.5. The molecule has 9 heteroatoms. The highest BCUT2D eigenvalue weighted by Crippen LogP contribution is 2.32. The van der Waals surface area contributed by atoms with Crippen molar-refractivity contribution in [2.75, 3.05) is 7.11 Å². The van der Waals surface area contributed by atoms with Gasteiger partial charge in [-0.2, -0.15) is 0 Å². The summed E-state index contributed by atoms with van der Waals surface area (Å²) < 4.78 is 27.2. The molecule has 5 rings (SSSR count). The standard InChI is InChI=1S/C32H37N3O5Si/c1-37-32-30(40-22-25-18-12-7-13-19-25)29(39-21-24-16-10-6-11-17-24)28(38-20-23-14-8-5-9-15-23)27(36)26-31(41(2,3)4)33-34-35(26)32/h5-19,28-30,32H,20-22H2,1-4H3/t28-,29+,30-,32?/m1/s1. The molecule has 4 atom stereocenters. The van der Waals surface area contributed by atoms with E-state index >= 15 is 0 Å². The molecule has 0 fully saturated rings. The van der Waals surface area contributed by atoms with Crippen LogP contribution in [-0.2, 0) is 38.8 Å². The molecule has 4 aromatic rings. The fourth-order valence-electron chi connectivity index (χ4n) is 5.02. The van der Waals surface area contributed by atoms with E-state index in [0.717, 1.165) is 16.7 Å². The lowest BCUT2D eigenvalue weighted by molar-refractivity contribution is -0.189. The Morgan fingerprint density at radius 1 is 0.707 bits per heavy atom. The quantitative estimate of drug-likeness (QED) is 0.236. The van der Waals surface area contributed by atoms with Gasteiger partial charge in [-0.1, -0.05) is 116 Å². The molecular formula is C32H37N3O5Si. The lowest BCUT2D eigenvalue weighted by Crippen LogP contribution is -2.49. The molecule has 0 N–H and O–H groups in total. The van der Waals surface area contributed by atoms with Crippen LogP contribution >= 0.6 is 0 Å². The van der Waals surface area contributed by atoms with Gasteiger partial charge in [0.25, 0.3) is 0 Å². The molecule has 0 saturated carbocycles.